The summed E-state index contributed by atoms with van der Waals surface area (Å²) in [6.07, 6.45) is 1.47. The van der Waals surface area contributed by atoms with Crippen molar-refractivity contribution < 1.29 is 19.1 Å². The predicted molar refractivity (Wildman–Crippen MR) is 84.6 cm³/mol. The fraction of sp³-hybridized carbons (Fsp3) is 0.556. The number of fused-ring (bicyclic) bond motifs is 2. The maximum Gasteiger partial charge on any atom is 0.323 e. The van der Waals surface area contributed by atoms with E-state index in [0.29, 0.717) is 0 Å². The Morgan fingerprint density at radius 2 is 1.91 bits per heavy atom. The highest BCUT2D eigenvalue weighted by molar-refractivity contribution is 5.77. The normalized spacial score (nSPS) is 30.9. The molecule has 124 valence electrons. The number of piperidine rings is 1. The largest absolute Gasteiger partial charge is 0.468 e. The van der Waals surface area contributed by atoms with Gasteiger partial charge < -0.3 is 9.47 Å². The second-order valence-corrected chi connectivity index (χ2v) is 6.45. The van der Waals surface area contributed by atoms with E-state index in [9.17, 15) is 9.59 Å². The molecule has 0 aromatic heterocycles. The fourth-order valence-electron chi connectivity index (χ4n) is 4.24. The summed E-state index contributed by atoms with van der Waals surface area (Å²) in [7, 11) is 1.43. The molecule has 1 saturated carbocycles. The third-order valence-corrected chi connectivity index (χ3v) is 5.15. The zero-order valence-electron chi connectivity index (χ0n) is 13.8. The van der Waals surface area contributed by atoms with Crippen LogP contribution in [0, 0.1) is 5.92 Å². The molecule has 0 radical (unpaired) electrons. The van der Waals surface area contributed by atoms with E-state index in [2.05, 4.69) is 24.0 Å². The Kier molecular flexibility index (Phi) is 4.39. The number of rotatable bonds is 4. The summed E-state index contributed by atoms with van der Waals surface area (Å²) in [6.45, 7) is 3.53. The number of carbonyl (C=O) groups is 2. The minimum Gasteiger partial charge on any atom is -0.468 e. The second kappa shape index (κ2) is 6.32. The second-order valence-electron chi connectivity index (χ2n) is 6.45. The molecule has 5 atom stereocenters. The van der Waals surface area contributed by atoms with Crippen molar-refractivity contribution in [1.29, 1.82) is 0 Å². The molecule has 1 aromatic rings. The molecule has 5 heteroatoms. The number of nitrogens with zero attached hydrogens (tertiary/aromatic N) is 1. The molecule has 1 aliphatic carbocycles. The molecule has 2 bridgehead atoms. The van der Waals surface area contributed by atoms with E-state index in [1.807, 2.05) is 18.2 Å². The minimum absolute atomic E-state index is 0.0636. The molecular formula is C18H23NO4. The van der Waals surface area contributed by atoms with Gasteiger partial charge in [-0.15, -0.1) is 0 Å². The highest BCUT2D eigenvalue weighted by Gasteiger charge is 2.57. The van der Waals surface area contributed by atoms with Crippen LogP contribution in [0.3, 0.4) is 0 Å². The molecule has 2 aliphatic rings. The lowest BCUT2D eigenvalue weighted by Gasteiger charge is -2.41. The number of methoxy groups -OCH3 is 1. The maximum atomic E-state index is 12.3. The smallest absolute Gasteiger partial charge is 0.323 e. The lowest BCUT2D eigenvalue weighted by molar-refractivity contribution is -0.158. The monoisotopic (exact) mass is 317 g/mol. The molecule has 1 saturated heterocycles. The predicted octanol–water partition coefficient (Wildman–Crippen LogP) is 2.32. The van der Waals surface area contributed by atoms with Crippen molar-refractivity contribution in [1.82, 2.24) is 4.90 Å². The van der Waals surface area contributed by atoms with Crippen LogP contribution in [0.15, 0.2) is 30.3 Å². The van der Waals surface area contributed by atoms with Gasteiger partial charge in [-0.2, -0.15) is 0 Å². The van der Waals surface area contributed by atoms with Gasteiger partial charge in [0, 0.05) is 19.0 Å². The number of hydrogen-bond donors (Lipinski definition) is 0. The Morgan fingerprint density at radius 3 is 2.52 bits per heavy atom. The van der Waals surface area contributed by atoms with Crippen LogP contribution in [-0.2, 0) is 19.1 Å². The maximum absolute atomic E-state index is 12.3. The Hall–Kier alpha value is -1.88. The van der Waals surface area contributed by atoms with Gasteiger partial charge in [0.2, 0.25) is 0 Å². The molecule has 1 aromatic carbocycles. The van der Waals surface area contributed by atoms with Crippen molar-refractivity contribution in [2.45, 2.75) is 50.9 Å². The van der Waals surface area contributed by atoms with Crippen LogP contribution in [0.5, 0.6) is 0 Å². The molecule has 0 unspecified atom stereocenters. The van der Waals surface area contributed by atoms with E-state index in [4.69, 9.17) is 9.47 Å². The number of hydrogen-bond acceptors (Lipinski definition) is 5. The number of carbonyl (C=O) groups excluding carboxylic acids is 2. The fourth-order valence-corrected chi connectivity index (χ4v) is 4.24. The van der Waals surface area contributed by atoms with Crippen LogP contribution in [0.4, 0.5) is 0 Å². The first kappa shape index (κ1) is 16.0. The van der Waals surface area contributed by atoms with Crippen molar-refractivity contribution in [3.63, 3.8) is 0 Å². The van der Waals surface area contributed by atoms with Gasteiger partial charge in [-0.1, -0.05) is 30.3 Å². The van der Waals surface area contributed by atoms with Crippen molar-refractivity contribution in [3.05, 3.63) is 35.9 Å². The van der Waals surface area contributed by atoms with Gasteiger partial charge in [0.05, 0.1) is 7.11 Å². The molecule has 3 rings (SSSR count). The Labute approximate surface area is 136 Å². The summed E-state index contributed by atoms with van der Waals surface area (Å²) < 4.78 is 10.5. The van der Waals surface area contributed by atoms with Gasteiger partial charge in [-0.05, 0) is 31.2 Å². The molecule has 1 aliphatic heterocycles. The number of ether oxygens (including phenoxy) is 2. The highest BCUT2D eigenvalue weighted by Crippen LogP contribution is 2.48. The van der Waals surface area contributed by atoms with E-state index in [0.717, 1.165) is 18.4 Å². The molecule has 23 heavy (non-hydrogen) atoms. The van der Waals surface area contributed by atoms with E-state index >= 15 is 0 Å². The van der Waals surface area contributed by atoms with Gasteiger partial charge in [0.15, 0.2) is 0 Å². The topological polar surface area (TPSA) is 55.8 Å². The summed E-state index contributed by atoms with van der Waals surface area (Å²) in [6, 6.07) is 9.97. The zero-order chi connectivity index (χ0) is 16.6. The minimum atomic E-state index is -0.260. The van der Waals surface area contributed by atoms with E-state index in [1.165, 1.54) is 14.0 Å². The number of esters is 2. The van der Waals surface area contributed by atoms with E-state index in [1.54, 1.807) is 0 Å². The van der Waals surface area contributed by atoms with E-state index in [-0.39, 0.29) is 42.1 Å². The summed E-state index contributed by atoms with van der Waals surface area (Å²) in [4.78, 5) is 25.9. The Balaban J connectivity index is 1.89. The molecule has 0 amide bonds. The summed E-state index contributed by atoms with van der Waals surface area (Å²) in [5.74, 6) is -0.269. The Morgan fingerprint density at radius 1 is 1.22 bits per heavy atom. The van der Waals surface area contributed by atoms with Crippen molar-refractivity contribution >= 4 is 11.9 Å². The van der Waals surface area contributed by atoms with Crippen molar-refractivity contribution in [2.75, 3.05) is 7.11 Å². The quantitative estimate of drug-likeness (QED) is 0.798. The number of likely N-dealkylation sites (tertiary alicyclic amines) is 1. The van der Waals surface area contributed by atoms with Gasteiger partial charge >= 0.3 is 11.9 Å². The average molecular weight is 317 g/mol. The first-order valence-electron chi connectivity index (χ1n) is 8.10. The summed E-state index contributed by atoms with van der Waals surface area (Å²) in [5.41, 5.74) is 1.15. The van der Waals surface area contributed by atoms with Crippen molar-refractivity contribution in [2.24, 2.45) is 5.92 Å². The van der Waals surface area contributed by atoms with Crippen LogP contribution in [0.2, 0.25) is 0 Å². The van der Waals surface area contributed by atoms with Crippen LogP contribution in [0.1, 0.15) is 38.3 Å². The van der Waals surface area contributed by atoms with Crippen LogP contribution < -0.4 is 0 Å². The standard InChI is InChI=1S/C18H23NO4/c1-11(13-7-5-4-6-8-13)19-15-9-14(17(19)18(21)22-3)10-16(15)23-12(2)20/h4-8,11,14-17H,9-10H2,1-3H3/t11-,14+,15-,16-,17+/m1/s1. The van der Waals surface area contributed by atoms with Crippen LogP contribution in [-0.4, -0.2) is 42.1 Å². The summed E-state index contributed by atoms with van der Waals surface area (Å²) >= 11 is 0. The van der Waals surface area contributed by atoms with Gasteiger partial charge in [0.25, 0.3) is 0 Å². The molecule has 0 spiro atoms. The molecule has 0 N–H and O–H groups in total. The summed E-state index contributed by atoms with van der Waals surface area (Å²) in [5, 5.41) is 0. The lowest BCUT2D eigenvalue weighted by atomic mass is 9.94. The van der Waals surface area contributed by atoms with E-state index < -0.39 is 0 Å². The average Bonchev–Trinajstić information content (AvgIpc) is 3.11. The van der Waals surface area contributed by atoms with Crippen molar-refractivity contribution in [3.8, 4) is 0 Å². The third-order valence-electron chi connectivity index (χ3n) is 5.15. The van der Waals surface area contributed by atoms with Crippen LogP contribution in [0.25, 0.3) is 0 Å². The molecular weight excluding hydrogens is 294 g/mol. The molecule has 1 heterocycles. The SMILES string of the molecule is COC(=O)[C@@H]1[C@H]2C[C@H]([C@H](OC(C)=O)C2)N1[C@H](C)c1ccccc1. The van der Waals surface area contributed by atoms with Gasteiger partial charge in [-0.25, -0.2) is 0 Å². The van der Waals surface area contributed by atoms with Crippen LogP contribution >= 0.6 is 0 Å². The molecule has 5 nitrogen and oxygen atoms in total. The van der Waals surface area contributed by atoms with Gasteiger partial charge in [0.1, 0.15) is 12.1 Å². The number of benzene rings is 1. The zero-order valence-corrected chi connectivity index (χ0v) is 13.8. The molecule has 2 fully saturated rings. The lowest BCUT2D eigenvalue weighted by Crippen LogP contribution is -2.52. The van der Waals surface area contributed by atoms with Gasteiger partial charge in [-0.3, -0.25) is 14.5 Å². The first-order valence-corrected chi connectivity index (χ1v) is 8.10. The highest BCUT2D eigenvalue weighted by atomic mass is 16.5. The third kappa shape index (κ3) is 2.85. The first-order chi connectivity index (χ1) is 11.0. The Bertz CT molecular complexity index is 588.